The number of nitrogens with one attached hydrogen (secondary N) is 1. The highest BCUT2D eigenvalue weighted by molar-refractivity contribution is 7.92. The summed E-state index contributed by atoms with van der Waals surface area (Å²) in [5, 5.41) is 26.4. The summed E-state index contributed by atoms with van der Waals surface area (Å²) in [4.78, 5) is 12.9. The molecule has 2 heterocycles. The van der Waals surface area contributed by atoms with E-state index in [0.717, 1.165) is 18.3 Å². The third kappa shape index (κ3) is 7.54. The summed E-state index contributed by atoms with van der Waals surface area (Å²) in [5.74, 6) is -2.12. The lowest BCUT2D eigenvalue weighted by atomic mass is 9.91. The van der Waals surface area contributed by atoms with Gasteiger partial charge in [0.25, 0.3) is 35.9 Å². The lowest BCUT2D eigenvalue weighted by molar-refractivity contribution is 0.0696. The molecule has 4 N–H and O–H groups in total. The van der Waals surface area contributed by atoms with E-state index in [-0.39, 0.29) is 28.5 Å². The highest BCUT2D eigenvalue weighted by atomic mass is 32.2. The van der Waals surface area contributed by atoms with Gasteiger partial charge in [-0.2, -0.15) is 27.0 Å². The zero-order valence-corrected chi connectivity index (χ0v) is 29.0. The summed E-state index contributed by atoms with van der Waals surface area (Å²) in [7, 11) is -14.5. The van der Waals surface area contributed by atoms with E-state index < -0.39 is 67.8 Å². The van der Waals surface area contributed by atoms with E-state index >= 15 is 0 Å². The SMILES string of the molecule is [C-]#[N+]c1cnn(-c2cc(S(=O)(=O)O)ccc2S(=O)(=O)O)c1N=Nc1c(C(C)(C)C)nn(-c2ccccc2)c1NS(=O)(=O)c1cccc(C(=O)O)c1. The molecule has 2 aromatic heterocycles. The van der Waals surface area contributed by atoms with Gasteiger partial charge in [-0.3, -0.25) is 13.8 Å². The number of nitrogens with zero attached hydrogens (tertiary/aromatic N) is 7. The van der Waals surface area contributed by atoms with Gasteiger partial charge in [-0.1, -0.05) is 45.0 Å². The first-order valence-electron chi connectivity index (χ1n) is 14.2. The van der Waals surface area contributed by atoms with Gasteiger partial charge in [-0.15, -0.1) is 10.2 Å². The maximum atomic E-state index is 13.8. The van der Waals surface area contributed by atoms with E-state index in [1.165, 1.54) is 22.9 Å². The van der Waals surface area contributed by atoms with Crippen LogP contribution in [0.4, 0.5) is 23.0 Å². The molecule has 0 saturated carbocycles. The minimum Gasteiger partial charge on any atom is -0.478 e. The summed E-state index contributed by atoms with van der Waals surface area (Å²) in [6.07, 6.45) is 0.951. The predicted octanol–water partition coefficient (Wildman–Crippen LogP) is 5.31. The maximum Gasteiger partial charge on any atom is 0.335 e. The Labute approximate surface area is 291 Å². The van der Waals surface area contributed by atoms with Crippen molar-refractivity contribution >= 4 is 59.2 Å². The fourth-order valence-electron chi connectivity index (χ4n) is 4.66. The molecule has 0 saturated heterocycles. The van der Waals surface area contributed by atoms with Gasteiger partial charge in [0.15, 0.2) is 17.3 Å². The molecule has 0 radical (unpaired) electrons. The molecule has 18 nitrogen and oxygen atoms in total. The molecule has 0 aliphatic carbocycles. The minimum absolute atomic E-state index is 0.175. The first-order valence-corrected chi connectivity index (χ1v) is 18.6. The van der Waals surface area contributed by atoms with Gasteiger partial charge in [-0.05, 0) is 48.5 Å². The fourth-order valence-corrected chi connectivity index (χ4v) is 6.91. The van der Waals surface area contributed by atoms with Crippen LogP contribution in [0.2, 0.25) is 0 Å². The molecule has 0 bridgehead atoms. The second-order valence-electron chi connectivity index (χ2n) is 11.6. The molecule has 0 spiro atoms. The van der Waals surface area contributed by atoms with Gasteiger partial charge in [0, 0.05) is 5.41 Å². The van der Waals surface area contributed by atoms with Crippen LogP contribution in [0.25, 0.3) is 16.2 Å². The van der Waals surface area contributed by atoms with Crippen LogP contribution in [0.1, 0.15) is 36.8 Å². The summed E-state index contributed by atoms with van der Waals surface area (Å²) < 4.78 is 99.8. The van der Waals surface area contributed by atoms with Crippen LogP contribution in [0.5, 0.6) is 0 Å². The van der Waals surface area contributed by atoms with Crippen LogP contribution < -0.4 is 4.72 Å². The summed E-state index contributed by atoms with van der Waals surface area (Å²) in [5.41, 5.74) is -1.77. The van der Waals surface area contributed by atoms with E-state index in [2.05, 4.69) is 30.0 Å². The molecule has 264 valence electrons. The first-order chi connectivity index (χ1) is 23.7. The summed E-state index contributed by atoms with van der Waals surface area (Å²) in [6.45, 7) is 12.9. The molecule has 0 atom stereocenters. The number of azo groups is 1. The van der Waals surface area contributed by atoms with E-state index in [4.69, 9.17) is 6.57 Å². The lowest BCUT2D eigenvalue weighted by Crippen LogP contribution is -2.16. The third-order valence-electron chi connectivity index (χ3n) is 7.02. The number of para-hydroxylation sites is 1. The van der Waals surface area contributed by atoms with Crippen molar-refractivity contribution in [2.24, 2.45) is 10.2 Å². The Bertz CT molecular complexity index is 2600. The van der Waals surface area contributed by atoms with E-state index in [1.54, 1.807) is 51.1 Å². The number of carbonyl (C=O) groups is 1. The van der Waals surface area contributed by atoms with Gasteiger partial charge in [-0.25, -0.2) is 27.4 Å². The number of benzene rings is 3. The zero-order valence-electron chi connectivity index (χ0n) is 26.6. The Morgan fingerprint density at radius 2 is 1.55 bits per heavy atom. The van der Waals surface area contributed by atoms with E-state index in [1.807, 2.05) is 0 Å². The second-order valence-corrected chi connectivity index (χ2v) is 16.1. The van der Waals surface area contributed by atoms with Crippen LogP contribution in [0, 0.1) is 6.57 Å². The molecule has 51 heavy (non-hydrogen) atoms. The Morgan fingerprint density at radius 3 is 2.14 bits per heavy atom. The number of hydrogen-bond acceptors (Lipinski definition) is 11. The number of carboxylic acids is 1. The number of rotatable bonds is 10. The molecule has 0 unspecified atom stereocenters. The zero-order chi connectivity index (χ0) is 37.5. The molecule has 0 aliphatic rings. The molecule has 0 amide bonds. The van der Waals surface area contributed by atoms with Gasteiger partial charge in [0.05, 0.1) is 45.2 Å². The fraction of sp³-hybridized carbons (Fsp3) is 0.133. The van der Waals surface area contributed by atoms with Crippen LogP contribution >= 0.6 is 0 Å². The first kappa shape index (κ1) is 36.5. The number of sulfonamides is 1. The Morgan fingerprint density at radius 1 is 0.863 bits per heavy atom. The Balaban J connectivity index is 1.79. The Hall–Kier alpha value is -5.79. The highest BCUT2D eigenvalue weighted by Gasteiger charge is 2.31. The summed E-state index contributed by atoms with van der Waals surface area (Å²) >= 11 is 0. The normalized spacial score (nSPS) is 12.5. The monoisotopic (exact) mass is 754 g/mol. The second kappa shape index (κ2) is 13.2. The number of aromatic carboxylic acids is 1. The van der Waals surface area contributed by atoms with Crippen molar-refractivity contribution in [1.29, 1.82) is 0 Å². The maximum absolute atomic E-state index is 13.8. The standard InChI is InChI=1S/C30H26N8O10S3/c1-30(2,3)26-25(28(37(35-26)19-10-6-5-7-11-19)36-49(41,42)20-12-8-9-18(15-20)29(39)40)33-34-27-22(31-4)17-32-38(27)23-16-21(50(43,44)45)13-14-24(23)51(46,47)48/h5-17,36H,1-3H3,(H,39,40)(H,43,44,45)(H,46,47,48). The van der Waals surface area contributed by atoms with Crippen LogP contribution in [0.15, 0.2) is 104 Å². The van der Waals surface area contributed by atoms with Crippen molar-refractivity contribution in [2.75, 3.05) is 4.72 Å². The average molecular weight is 755 g/mol. The van der Waals surface area contributed by atoms with Crippen molar-refractivity contribution in [3.05, 3.63) is 102 Å². The molecule has 5 aromatic rings. The van der Waals surface area contributed by atoms with Crippen molar-refractivity contribution < 1.29 is 44.3 Å². The van der Waals surface area contributed by atoms with Crippen LogP contribution in [0.3, 0.4) is 0 Å². The van der Waals surface area contributed by atoms with Crippen molar-refractivity contribution in [3.8, 4) is 11.4 Å². The van der Waals surface area contributed by atoms with Crippen molar-refractivity contribution in [1.82, 2.24) is 19.6 Å². The van der Waals surface area contributed by atoms with Crippen molar-refractivity contribution in [2.45, 2.75) is 40.9 Å². The lowest BCUT2D eigenvalue weighted by Gasteiger charge is -2.16. The van der Waals surface area contributed by atoms with E-state index in [9.17, 15) is 44.3 Å². The molecule has 21 heteroatoms. The average Bonchev–Trinajstić information content (AvgIpc) is 3.63. The quantitative estimate of drug-likeness (QED) is 0.0803. The molecular weight excluding hydrogens is 729 g/mol. The smallest absolute Gasteiger partial charge is 0.335 e. The van der Waals surface area contributed by atoms with Gasteiger partial charge in [0.2, 0.25) is 0 Å². The predicted molar refractivity (Wildman–Crippen MR) is 180 cm³/mol. The summed E-state index contributed by atoms with van der Waals surface area (Å²) in [6, 6.07) is 15.0. The van der Waals surface area contributed by atoms with Gasteiger partial charge >= 0.3 is 5.97 Å². The van der Waals surface area contributed by atoms with Crippen molar-refractivity contribution in [3.63, 3.8) is 0 Å². The van der Waals surface area contributed by atoms with Crippen LogP contribution in [-0.4, -0.2) is 65.0 Å². The third-order valence-corrected chi connectivity index (χ3v) is 10.1. The molecule has 0 aliphatic heterocycles. The molecule has 3 aromatic carbocycles. The number of carboxylic acid groups (broad SMARTS) is 1. The largest absolute Gasteiger partial charge is 0.478 e. The van der Waals surface area contributed by atoms with Gasteiger partial charge in [0.1, 0.15) is 4.90 Å². The minimum atomic E-state index is -5.05. The number of anilines is 1. The molecular formula is C30H26N8O10S3. The molecule has 5 rings (SSSR count). The highest BCUT2D eigenvalue weighted by Crippen LogP contribution is 2.42. The topological polar surface area (TPSA) is 257 Å². The van der Waals surface area contributed by atoms with E-state index in [0.29, 0.717) is 22.5 Å². The molecule has 0 fully saturated rings. The van der Waals surface area contributed by atoms with Crippen LogP contribution in [-0.2, 0) is 35.7 Å². The van der Waals surface area contributed by atoms with Gasteiger partial charge < -0.3 is 5.11 Å². The number of hydrogen-bond donors (Lipinski definition) is 4. The number of aromatic nitrogens is 4. The Kier molecular flexibility index (Phi) is 9.41.